The van der Waals surface area contributed by atoms with Crippen LogP contribution in [0.1, 0.15) is 26.7 Å². The standard InChI is InChI=1S/C17H28N4O/c1-13-8-10-21(11-9-13)14(2)12-19-17(18)20-15-4-6-16(22-3)7-5-15/h4-7,13-14H,8-12H2,1-3H3,(H3,18,19,20). The van der Waals surface area contributed by atoms with Gasteiger partial charge in [0.1, 0.15) is 5.75 Å². The van der Waals surface area contributed by atoms with Crippen molar-refractivity contribution in [3.63, 3.8) is 0 Å². The van der Waals surface area contributed by atoms with Gasteiger partial charge in [0.25, 0.3) is 0 Å². The monoisotopic (exact) mass is 304 g/mol. The lowest BCUT2D eigenvalue weighted by atomic mass is 9.98. The van der Waals surface area contributed by atoms with Gasteiger partial charge in [-0.1, -0.05) is 6.92 Å². The molecule has 22 heavy (non-hydrogen) atoms. The molecule has 2 rings (SSSR count). The van der Waals surface area contributed by atoms with Gasteiger partial charge in [-0.05, 0) is 63.0 Å². The van der Waals surface area contributed by atoms with Gasteiger partial charge in [-0.2, -0.15) is 0 Å². The summed E-state index contributed by atoms with van der Waals surface area (Å²) in [6.07, 6.45) is 2.57. The van der Waals surface area contributed by atoms with Crippen LogP contribution in [0.25, 0.3) is 0 Å². The molecule has 0 spiro atoms. The van der Waals surface area contributed by atoms with Crippen LogP contribution < -0.4 is 15.8 Å². The van der Waals surface area contributed by atoms with Crippen molar-refractivity contribution in [1.29, 1.82) is 0 Å². The summed E-state index contributed by atoms with van der Waals surface area (Å²) in [7, 11) is 1.65. The van der Waals surface area contributed by atoms with Crippen LogP contribution in [0.15, 0.2) is 29.3 Å². The zero-order valence-corrected chi connectivity index (χ0v) is 13.9. The summed E-state index contributed by atoms with van der Waals surface area (Å²) in [5.41, 5.74) is 6.88. The number of hydrogen-bond donors (Lipinski definition) is 2. The highest BCUT2D eigenvalue weighted by Crippen LogP contribution is 2.18. The van der Waals surface area contributed by atoms with E-state index in [9.17, 15) is 0 Å². The molecule has 3 N–H and O–H groups in total. The Hall–Kier alpha value is -1.75. The van der Waals surface area contributed by atoms with Crippen LogP contribution in [0.5, 0.6) is 5.75 Å². The van der Waals surface area contributed by atoms with Gasteiger partial charge in [-0.25, -0.2) is 0 Å². The Morgan fingerprint density at radius 2 is 2.00 bits per heavy atom. The SMILES string of the molecule is COc1ccc(NC(N)=NCC(C)N2CCC(C)CC2)cc1. The fourth-order valence-corrected chi connectivity index (χ4v) is 2.68. The normalized spacial score (nSPS) is 19.0. The van der Waals surface area contributed by atoms with Crippen molar-refractivity contribution in [1.82, 2.24) is 4.90 Å². The zero-order valence-electron chi connectivity index (χ0n) is 13.9. The van der Waals surface area contributed by atoms with E-state index in [1.54, 1.807) is 7.11 Å². The third-order valence-corrected chi connectivity index (χ3v) is 4.33. The lowest BCUT2D eigenvalue weighted by Crippen LogP contribution is -2.41. The zero-order chi connectivity index (χ0) is 15.9. The minimum Gasteiger partial charge on any atom is -0.497 e. The van der Waals surface area contributed by atoms with Crippen molar-refractivity contribution in [3.05, 3.63) is 24.3 Å². The Balaban J connectivity index is 1.81. The average Bonchev–Trinajstić information content (AvgIpc) is 2.54. The van der Waals surface area contributed by atoms with Crippen LogP contribution in [-0.2, 0) is 0 Å². The minimum atomic E-state index is 0.434. The Kier molecular flexibility index (Phi) is 6.07. The molecule has 0 aliphatic carbocycles. The molecule has 1 saturated heterocycles. The van der Waals surface area contributed by atoms with E-state index in [0.29, 0.717) is 12.0 Å². The Morgan fingerprint density at radius 3 is 2.59 bits per heavy atom. The maximum atomic E-state index is 5.97. The summed E-state index contributed by atoms with van der Waals surface area (Å²) in [5, 5.41) is 3.11. The molecule has 1 aliphatic rings. The lowest BCUT2D eigenvalue weighted by molar-refractivity contribution is 0.150. The van der Waals surface area contributed by atoms with Gasteiger partial charge in [0, 0.05) is 11.7 Å². The predicted molar refractivity (Wildman–Crippen MR) is 92.5 cm³/mol. The molecule has 5 heteroatoms. The lowest BCUT2D eigenvalue weighted by Gasteiger charge is -2.34. The highest BCUT2D eigenvalue weighted by atomic mass is 16.5. The number of rotatable bonds is 5. The molecule has 122 valence electrons. The van der Waals surface area contributed by atoms with Crippen molar-refractivity contribution >= 4 is 11.6 Å². The summed E-state index contributed by atoms with van der Waals surface area (Å²) in [5.74, 6) is 2.14. The molecular formula is C17H28N4O. The number of anilines is 1. The van der Waals surface area contributed by atoms with E-state index in [0.717, 1.165) is 23.9 Å². The summed E-state index contributed by atoms with van der Waals surface area (Å²) >= 11 is 0. The molecule has 1 heterocycles. The first-order valence-electron chi connectivity index (χ1n) is 8.03. The third-order valence-electron chi connectivity index (χ3n) is 4.33. The second kappa shape index (κ2) is 8.03. The average molecular weight is 304 g/mol. The molecule has 1 fully saturated rings. The summed E-state index contributed by atoms with van der Waals surface area (Å²) in [6.45, 7) is 7.62. The van der Waals surface area contributed by atoms with Crippen molar-refractivity contribution in [2.24, 2.45) is 16.6 Å². The molecule has 0 amide bonds. The number of nitrogens with two attached hydrogens (primary N) is 1. The molecule has 1 aromatic carbocycles. The van der Waals surface area contributed by atoms with Gasteiger partial charge in [-0.15, -0.1) is 0 Å². The highest BCUT2D eigenvalue weighted by molar-refractivity contribution is 5.92. The molecular weight excluding hydrogens is 276 g/mol. The van der Waals surface area contributed by atoms with Gasteiger partial charge >= 0.3 is 0 Å². The van der Waals surface area contributed by atoms with Crippen molar-refractivity contribution in [3.8, 4) is 5.75 Å². The number of nitrogens with one attached hydrogen (secondary N) is 1. The summed E-state index contributed by atoms with van der Waals surface area (Å²) in [4.78, 5) is 6.97. The Labute approximate surface area is 133 Å². The van der Waals surface area contributed by atoms with E-state index < -0.39 is 0 Å². The van der Waals surface area contributed by atoms with Gasteiger partial charge in [-0.3, -0.25) is 9.89 Å². The molecule has 1 aliphatic heterocycles. The Bertz CT molecular complexity index is 478. The first-order chi connectivity index (χ1) is 10.6. The maximum Gasteiger partial charge on any atom is 0.193 e. The van der Waals surface area contributed by atoms with Crippen LogP contribution in [0.3, 0.4) is 0 Å². The van der Waals surface area contributed by atoms with E-state index >= 15 is 0 Å². The van der Waals surface area contributed by atoms with Gasteiger partial charge in [0.05, 0.1) is 13.7 Å². The molecule has 1 aromatic rings. The molecule has 0 saturated carbocycles. The number of methoxy groups -OCH3 is 1. The number of likely N-dealkylation sites (tertiary alicyclic amines) is 1. The van der Waals surface area contributed by atoms with Crippen LogP contribution in [0.2, 0.25) is 0 Å². The molecule has 0 bridgehead atoms. The van der Waals surface area contributed by atoms with Gasteiger partial charge in [0.15, 0.2) is 5.96 Å². The van der Waals surface area contributed by atoms with Crippen LogP contribution in [-0.4, -0.2) is 43.6 Å². The first kappa shape index (κ1) is 16.6. The summed E-state index contributed by atoms with van der Waals surface area (Å²) in [6, 6.07) is 8.08. The van der Waals surface area contributed by atoms with Crippen LogP contribution in [0, 0.1) is 5.92 Å². The molecule has 5 nitrogen and oxygen atoms in total. The maximum absolute atomic E-state index is 5.97. The largest absolute Gasteiger partial charge is 0.497 e. The Morgan fingerprint density at radius 1 is 1.36 bits per heavy atom. The molecule has 0 radical (unpaired) electrons. The van der Waals surface area contributed by atoms with Crippen molar-refractivity contribution in [2.45, 2.75) is 32.7 Å². The van der Waals surface area contributed by atoms with E-state index in [1.807, 2.05) is 24.3 Å². The number of piperidine rings is 1. The molecule has 1 atom stereocenters. The first-order valence-corrected chi connectivity index (χ1v) is 8.03. The number of aliphatic imine (C=N–C) groups is 1. The van der Waals surface area contributed by atoms with E-state index in [-0.39, 0.29) is 0 Å². The van der Waals surface area contributed by atoms with E-state index in [2.05, 4.69) is 29.1 Å². The fraction of sp³-hybridized carbons (Fsp3) is 0.588. The second-order valence-electron chi connectivity index (χ2n) is 6.15. The predicted octanol–water partition coefficient (Wildman–Crippen LogP) is 2.54. The highest BCUT2D eigenvalue weighted by Gasteiger charge is 2.19. The quantitative estimate of drug-likeness (QED) is 0.648. The summed E-state index contributed by atoms with van der Waals surface area (Å²) < 4.78 is 5.13. The number of hydrogen-bond acceptors (Lipinski definition) is 3. The molecule has 0 aromatic heterocycles. The van der Waals surface area contributed by atoms with Crippen molar-refractivity contribution < 1.29 is 4.74 Å². The van der Waals surface area contributed by atoms with Crippen molar-refractivity contribution in [2.75, 3.05) is 32.1 Å². The number of ether oxygens (including phenoxy) is 1. The third kappa shape index (κ3) is 4.91. The van der Waals surface area contributed by atoms with Gasteiger partial charge in [0.2, 0.25) is 0 Å². The second-order valence-corrected chi connectivity index (χ2v) is 6.15. The number of benzene rings is 1. The van der Waals surface area contributed by atoms with Crippen LogP contribution >= 0.6 is 0 Å². The van der Waals surface area contributed by atoms with Gasteiger partial charge < -0.3 is 15.8 Å². The van der Waals surface area contributed by atoms with Crippen LogP contribution in [0.4, 0.5) is 5.69 Å². The number of guanidine groups is 1. The number of nitrogens with zero attached hydrogens (tertiary/aromatic N) is 2. The van der Waals surface area contributed by atoms with E-state index in [4.69, 9.17) is 10.5 Å². The van der Waals surface area contributed by atoms with E-state index in [1.165, 1.54) is 25.9 Å². The smallest absolute Gasteiger partial charge is 0.193 e. The molecule has 1 unspecified atom stereocenters. The minimum absolute atomic E-state index is 0.434. The topological polar surface area (TPSA) is 62.9 Å². The fourth-order valence-electron chi connectivity index (χ4n) is 2.68.